The van der Waals surface area contributed by atoms with Gasteiger partial charge in [-0.25, -0.2) is 0 Å². The number of hydrogen-bond donors (Lipinski definition) is 0. The first-order valence-electron chi connectivity index (χ1n) is 6.28. The fourth-order valence-electron chi connectivity index (χ4n) is 2.22. The van der Waals surface area contributed by atoms with Crippen molar-refractivity contribution in [2.75, 3.05) is 0 Å². The molecule has 0 atom stereocenters. The number of hydrogen-bond acceptors (Lipinski definition) is 2. The van der Waals surface area contributed by atoms with Crippen molar-refractivity contribution >= 4 is 5.97 Å². The number of rotatable bonds is 3. The summed E-state index contributed by atoms with van der Waals surface area (Å²) < 4.78 is 5.30. The average molecular weight is 224 g/mol. The van der Waals surface area contributed by atoms with Crippen LogP contribution in [-0.4, -0.2) is 11.6 Å². The highest BCUT2D eigenvalue weighted by Gasteiger charge is 2.21. The minimum atomic E-state index is -0.385. The Morgan fingerprint density at radius 1 is 1.25 bits per heavy atom. The third-order valence-electron chi connectivity index (χ3n) is 2.97. The largest absolute Gasteiger partial charge is 0.460 e. The van der Waals surface area contributed by atoms with Crippen LogP contribution in [0.5, 0.6) is 0 Å². The molecule has 0 bridgehead atoms. The van der Waals surface area contributed by atoms with Crippen molar-refractivity contribution in [2.45, 2.75) is 64.9 Å². The van der Waals surface area contributed by atoms with E-state index in [2.05, 4.69) is 6.58 Å². The minimum absolute atomic E-state index is 0.136. The second-order valence-electron chi connectivity index (χ2n) is 5.76. The topological polar surface area (TPSA) is 26.3 Å². The maximum atomic E-state index is 11.6. The summed E-state index contributed by atoms with van der Waals surface area (Å²) in [6.07, 6.45) is 6.66. The maximum absolute atomic E-state index is 11.6. The van der Waals surface area contributed by atoms with Crippen LogP contribution in [0.2, 0.25) is 0 Å². The Balaban J connectivity index is 2.35. The molecule has 1 aliphatic rings. The molecular weight excluding hydrogens is 200 g/mol. The summed E-state index contributed by atoms with van der Waals surface area (Å²) in [5.74, 6) is 0.407. The summed E-state index contributed by atoms with van der Waals surface area (Å²) in [4.78, 5) is 11.6. The van der Waals surface area contributed by atoms with Gasteiger partial charge in [-0.2, -0.15) is 0 Å². The first kappa shape index (κ1) is 13.3. The van der Waals surface area contributed by atoms with Crippen molar-refractivity contribution in [3.63, 3.8) is 0 Å². The van der Waals surface area contributed by atoms with Gasteiger partial charge in [0.2, 0.25) is 0 Å². The van der Waals surface area contributed by atoms with Crippen LogP contribution in [0.25, 0.3) is 0 Å². The third-order valence-corrected chi connectivity index (χ3v) is 2.97. The van der Waals surface area contributed by atoms with Gasteiger partial charge in [0, 0.05) is 0 Å². The molecule has 0 spiro atoms. The molecule has 0 aliphatic heterocycles. The SMILES string of the molecule is C=C(CC(=O)OC(C)(C)C)C1CCCCC1. The summed E-state index contributed by atoms with van der Waals surface area (Å²) in [5, 5.41) is 0. The normalized spacial score (nSPS) is 18.2. The fraction of sp³-hybridized carbons (Fsp3) is 0.786. The van der Waals surface area contributed by atoms with E-state index >= 15 is 0 Å². The highest BCUT2D eigenvalue weighted by Crippen LogP contribution is 2.30. The van der Waals surface area contributed by atoms with Gasteiger partial charge >= 0.3 is 5.97 Å². The molecule has 0 radical (unpaired) electrons. The molecular formula is C14H24O2. The number of esters is 1. The van der Waals surface area contributed by atoms with Gasteiger partial charge in [0.25, 0.3) is 0 Å². The van der Waals surface area contributed by atoms with Gasteiger partial charge in [-0.3, -0.25) is 4.79 Å². The molecule has 92 valence electrons. The number of carbonyl (C=O) groups excluding carboxylic acids is 1. The lowest BCUT2D eigenvalue weighted by Gasteiger charge is -2.25. The molecule has 0 unspecified atom stereocenters. The van der Waals surface area contributed by atoms with E-state index in [-0.39, 0.29) is 11.6 Å². The van der Waals surface area contributed by atoms with E-state index in [1.165, 1.54) is 32.1 Å². The van der Waals surface area contributed by atoms with Crippen molar-refractivity contribution in [3.05, 3.63) is 12.2 Å². The molecule has 2 nitrogen and oxygen atoms in total. The van der Waals surface area contributed by atoms with Gasteiger partial charge in [0.15, 0.2) is 0 Å². The lowest BCUT2D eigenvalue weighted by atomic mass is 9.83. The van der Waals surface area contributed by atoms with Crippen LogP contribution in [-0.2, 0) is 9.53 Å². The Labute approximate surface area is 99.1 Å². The van der Waals surface area contributed by atoms with E-state index in [4.69, 9.17) is 4.74 Å². The number of ether oxygens (including phenoxy) is 1. The Bertz CT molecular complexity index is 254. The van der Waals surface area contributed by atoms with E-state index in [1.807, 2.05) is 20.8 Å². The number of carbonyl (C=O) groups is 1. The van der Waals surface area contributed by atoms with E-state index < -0.39 is 0 Å². The van der Waals surface area contributed by atoms with Crippen LogP contribution in [0, 0.1) is 5.92 Å². The fourth-order valence-corrected chi connectivity index (χ4v) is 2.22. The van der Waals surface area contributed by atoms with Crippen molar-refractivity contribution < 1.29 is 9.53 Å². The highest BCUT2D eigenvalue weighted by molar-refractivity contribution is 5.72. The van der Waals surface area contributed by atoms with Crippen LogP contribution in [0.1, 0.15) is 59.3 Å². The van der Waals surface area contributed by atoms with Crippen LogP contribution >= 0.6 is 0 Å². The molecule has 0 aromatic heterocycles. The zero-order valence-electron chi connectivity index (χ0n) is 10.8. The molecule has 0 aromatic carbocycles. The monoisotopic (exact) mass is 224 g/mol. The predicted octanol–water partition coefficient (Wildman–Crippen LogP) is 3.85. The van der Waals surface area contributed by atoms with E-state index in [1.54, 1.807) is 0 Å². The van der Waals surface area contributed by atoms with Gasteiger partial charge in [0.05, 0.1) is 6.42 Å². The molecule has 16 heavy (non-hydrogen) atoms. The smallest absolute Gasteiger partial charge is 0.310 e. The third kappa shape index (κ3) is 4.82. The van der Waals surface area contributed by atoms with Gasteiger partial charge in [-0.05, 0) is 39.5 Å². The molecule has 0 heterocycles. The molecule has 1 aliphatic carbocycles. The highest BCUT2D eigenvalue weighted by atomic mass is 16.6. The van der Waals surface area contributed by atoms with E-state index in [9.17, 15) is 4.79 Å². The second-order valence-corrected chi connectivity index (χ2v) is 5.76. The quantitative estimate of drug-likeness (QED) is 0.537. The molecule has 0 saturated heterocycles. The molecule has 1 rings (SSSR count). The lowest BCUT2D eigenvalue weighted by molar-refractivity contribution is -0.154. The average Bonchev–Trinajstić information content (AvgIpc) is 2.16. The van der Waals surface area contributed by atoms with Crippen LogP contribution in [0.3, 0.4) is 0 Å². The molecule has 2 heteroatoms. The summed E-state index contributed by atoms with van der Waals surface area (Å²) in [6.45, 7) is 9.74. The summed E-state index contributed by atoms with van der Waals surface area (Å²) >= 11 is 0. The van der Waals surface area contributed by atoms with E-state index in [0.29, 0.717) is 12.3 Å². The summed E-state index contributed by atoms with van der Waals surface area (Å²) in [6, 6.07) is 0. The molecule has 0 N–H and O–H groups in total. The maximum Gasteiger partial charge on any atom is 0.310 e. The van der Waals surface area contributed by atoms with Crippen LogP contribution in [0.15, 0.2) is 12.2 Å². The van der Waals surface area contributed by atoms with Crippen LogP contribution < -0.4 is 0 Å². The zero-order valence-corrected chi connectivity index (χ0v) is 10.8. The molecule has 0 aromatic rings. The second kappa shape index (κ2) is 5.51. The van der Waals surface area contributed by atoms with Crippen LogP contribution in [0.4, 0.5) is 0 Å². The predicted molar refractivity (Wildman–Crippen MR) is 66.2 cm³/mol. The zero-order chi connectivity index (χ0) is 12.2. The standard InChI is InChI=1S/C14H24O2/c1-11(12-8-6-5-7-9-12)10-13(15)16-14(2,3)4/h12H,1,5-10H2,2-4H3. The lowest BCUT2D eigenvalue weighted by Crippen LogP contribution is -2.24. The van der Waals surface area contributed by atoms with E-state index in [0.717, 1.165) is 5.57 Å². The Morgan fingerprint density at radius 2 is 1.81 bits per heavy atom. The van der Waals surface area contributed by atoms with Crippen molar-refractivity contribution in [2.24, 2.45) is 5.92 Å². The van der Waals surface area contributed by atoms with Gasteiger partial charge < -0.3 is 4.74 Å². The Morgan fingerprint density at radius 3 is 2.31 bits per heavy atom. The summed E-state index contributed by atoms with van der Waals surface area (Å²) in [7, 11) is 0. The van der Waals surface area contributed by atoms with Crippen molar-refractivity contribution in [1.82, 2.24) is 0 Å². The first-order chi connectivity index (χ1) is 7.38. The molecule has 0 amide bonds. The summed E-state index contributed by atoms with van der Waals surface area (Å²) in [5.41, 5.74) is 0.679. The minimum Gasteiger partial charge on any atom is -0.460 e. The Kier molecular flexibility index (Phi) is 4.57. The van der Waals surface area contributed by atoms with Gasteiger partial charge in [-0.15, -0.1) is 0 Å². The molecule has 1 saturated carbocycles. The Hall–Kier alpha value is -0.790. The van der Waals surface area contributed by atoms with Crippen molar-refractivity contribution in [1.29, 1.82) is 0 Å². The van der Waals surface area contributed by atoms with Gasteiger partial charge in [-0.1, -0.05) is 31.4 Å². The van der Waals surface area contributed by atoms with Crippen molar-refractivity contribution in [3.8, 4) is 0 Å². The molecule has 1 fully saturated rings. The first-order valence-corrected chi connectivity index (χ1v) is 6.28. The van der Waals surface area contributed by atoms with Gasteiger partial charge in [0.1, 0.15) is 5.60 Å².